The van der Waals surface area contributed by atoms with Crippen molar-refractivity contribution in [3.8, 4) is 11.3 Å². The van der Waals surface area contributed by atoms with Crippen LogP contribution in [-0.2, 0) is 0 Å². The van der Waals surface area contributed by atoms with E-state index >= 15 is 0 Å². The van der Waals surface area contributed by atoms with Crippen molar-refractivity contribution in [2.75, 3.05) is 5.32 Å². The van der Waals surface area contributed by atoms with E-state index in [4.69, 9.17) is 4.98 Å². The summed E-state index contributed by atoms with van der Waals surface area (Å²) in [6, 6.07) is 20.1. The molecule has 1 heterocycles. The molecule has 0 aliphatic carbocycles. The standard InChI is InChI=1S/C26H23BrN2O/c1-15-5-7-19(8-6-15)24-14-22(21-12-16(2)11-18(4)25(21)29-24)26(30)28-20-9-10-23(27)17(3)13-20/h5-14H,1-4H3,(H,28,30). The lowest BCUT2D eigenvalue weighted by molar-refractivity contribution is 0.102. The van der Waals surface area contributed by atoms with Crippen molar-refractivity contribution in [3.63, 3.8) is 0 Å². The molecule has 3 aromatic carbocycles. The number of hydrogen-bond acceptors (Lipinski definition) is 2. The van der Waals surface area contributed by atoms with E-state index in [0.29, 0.717) is 5.56 Å². The van der Waals surface area contributed by atoms with Gasteiger partial charge in [-0.1, -0.05) is 57.4 Å². The number of anilines is 1. The number of nitrogens with one attached hydrogen (secondary N) is 1. The summed E-state index contributed by atoms with van der Waals surface area (Å²) in [7, 11) is 0. The lowest BCUT2D eigenvalue weighted by Crippen LogP contribution is -2.13. The van der Waals surface area contributed by atoms with Crippen LogP contribution in [0.15, 0.2) is 65.1 Å². The molecule has 0 fully saturated rings. The number of amides is 1. The maximum atomic E-state index is 13.3. The summed E-state index contributed by atoms with van der Waals surface area (Å²) in [5.74, 6) is -0.137. The highest BCUT2D eigenvalue weighted by molar-refractivity contribution is 9.10. The lowest BCUT2D eigenvalue weighted by atomic mass is 9.99. The molecule has 0 saturated carbocycles. The van der Waals surface area contributed by atoms with Gasteiger partial charge in [0.15, 0.2) is 0 Å². The molecule has 0 spiro atoms. The number of hydrogen-bond donors (Lipinski definition) is 1. The number of nitrogens with zero attached hydrogens (tertiary/aromatic N) is 1. The second-order valence-corrected chi connectivity index (χ2v) is 8.67. The van der Waals surface area contributed by atoms with Crippen molar-refractivity contribution < 1.29 is 4.79 Å². The van der Waals surface area contributed by atoms with Gasteiger partial charge in [0.1, 0.15) is 0 Å². The third-order valence-electron chi connectivity index (χ3n) is 5.26. The molecule has 1 amide bonds. The Morgan fingerprint density at radius 2 is 1.57 bits per heavy atom. The van der Waals surface area contributed by atoms with Crippen LogP contribution in [0.1, 0.15) is 32.6 Å². The molecule has 30 heavy (non-hydrogen) atoms. The number of carbonyl (C=O) groups is 1. The van der Waals surface area contributed by atoms with Crippen LogP contribution in [0.3, 0.4) is 0 Å². The quantitative estimate of drug-likeness (QED) is 0.354. The monoisotopic (exact) mass is 458 g/mol. The van der Waals surface area contributed by atoms with Gasteiger partial charge in [-0.05, 0) is 69.2 Å². The van der Waals surface area contributed by atoms with Gasteiger partial charge in [0, 0.05) is 21.1 Å². The Bertz CT molecular complexity index is 1280. The fraction of sp³-hybridized carbons (Fsp3) is 0.154. The topological polar surface area (TPSA) is 42.0 Å². The molecule has 150 valence electrons. The van der Waals surface area contributed by atoms with E-state index in [2.05, 4.69) is 46.4 Å². The smallest absolute Gasteiger partial charge is 0.256 e. The van der Waals surface area contributed by atoms with Crippen LogP contribution < -0.4 is 5.32 Å². The van der Waals surface area contributed by atoms with Crippen molar-refractivity contribution in [2.24, 2.45) is 0 Å². The molecule has 4 heteroatoms. The van der Waals surface area contributed by atoms with Gasteiger partial charge in [0.05, 0.1) is 16.8 Å². The Hall–Kier alpha value is -2.98. The molecule has 0 unspecified atom stereocenters. The van der Waals surface area contributed by atoms with Gasteiger partial charge < -0.3 is 5.32 Å². The van der Waals surface area contributed by atoms with Gasteiger partial charge in [-0.2, -0.15) is 0 Å². The fourth-order valence-electron chi connectivity index (χ4n) is 3.66. The maximum absolute atomic E-state index is 13.3. The second-order valence-electron chi connectivity index (χ2n) is 7.82. The summed E-state index contributed by atoms with van der Waals surface area (Å²) in [5, 5.41) is 3.93. The summed E-state index contributed by atoms with van der Waals surface area (Å²) >= 11 is 3.51. The van der Waals surface area contributed by atoms with Crippen LogP contribution in [0.25, 0.3) is 22.2 Å². The van der Waals surface area contributed by atoms with Crippen molar-refractivity contribution in [3.05, 3.63) is 93.0 Å². The van der Waals surface area contributed by atoms with E-state index < -0.39 is 0 Å². The van der Waals surface area contributed by atoms with E-state index in [9.17, 15) is 4.79 Å². The molecule has 0 atom stereocenters. The number of fused-ring (bicyclic) bond motifs is 1. The van der Waals surface area contributed by atoms with Gasteiger partial charge in [-0.3, -0.25) is 4.79 Å². The normalized spacial score (nSPS) is 11.0. The number of benzene rings is 3. The molecule has 1 aromatic heterocycles. The summed E-state index contributed by atoms with van der Waals surface area (Å²) in [5.41, 5.74) is 8.48. The summed E-state index contributed by atoms with van der Waals surface area (Å²) in [6.45, 7) is 8.15. The van der Waals surface area contributed by atoms with Crippen LogP contribution >= 0.6 is 15.9 Å². The van der Waals surface area contributed by atoms with E-state index in [1.165, 1.54) is 5.56 Å². The molecule has 0 radical (unpaired) electrons. The average Bonchev–Trinajstić information content (AvgIpc) is 2.70. The first kappa shape index (κ1) is 20.3. The van der Waals surface area contributed by atoms with Gasteiger partial charge in [0.2, 0.25) is 0 Å². The van der Waals surface area contributed by atoms with Gasteiger partial charge in [-0.15, -0.1) is 0 Å². The average molecular weight is 459 g/mol. The first-order valence-corrected chi connectivity index (χ1v) is 10.7. The molecule has 0 saturated heterocycles. The third kappa shape index (κ3) is 4.01. The van der Waals surface area contributed by atoms with E-state index in [0.717, 1.165) is 49.0 Å². The molecule has 0 aliphatic heterocycles. The largest absolute Gasteiger partial charge is 0.322 e. The van der Waals surface area contributed by atoms with Crippen LogP contribution in [0.5, 0.6) is 0 Å². The molecule has 1 N–H and O–H groups in total. The van der Waals surface area contributed by atoms with Crippen molar-refractivity contribution in [1.82, 2.24) is 4.98 Å². The maximum Gasteiger partial charge on any atom is 0.256 e. The fourth-order valence-corrected chi connectivity index (χ4v) is 3.91. The highest BCUT2D eigenvalue weighted by Gasteiger charge is 2.16. The van der Waals surface area contributed by atoms with Crippen molar-refractivity contribution in [2.45, 2.75) is 27.7 Å². The predicted octanol–water partition coefficient (Wildman–Crippen LogP) is 7.15. The van der Waals surface area contributed by atoms with Gasteiger partial charge in [-0.25, -0.2) is 4.98 Å². The Kier molecular flexibility index (Phi) is 5.44. The van der Waals surface area contributed by atoms with Crippen LogP contribution in [0.2, 0.25) is 0 Å². The molecular formula is C26H23BrN2O. The number of rotatable bonds is 3. The predicted molar refractivity (Wildman–Crippen MR) is 128 cm³/mol. The number of aryl methyl sites for hydroxylation is 4. The van der Waals surface area contributed by atoms with Crippen molar-refractivity contribution >= 4 is 38.4 Å². The second kappa shape index (κ2) is 8.04. The third-order valence-corrected chi connectivity index (χ3v) is 6.15. The molecule has 0 aliphatic rings. The Morgan fingerprint density at radius 1 is 0.833 bits per heavy atom. The summed E-state index contributed by atoms with van der Waals surface area (Å²) < 4.78 is 1.02. The first-order valence-electron chi connectivity index (χ1n) is 9.88. The zero-order chi connectivity index (χ0) is 21.4. The van der Waals surface area contributed by atoms with E-state index in [1.807, 2.05) is 63.2 Å². The van der Waals surface area contributed by atoms with Crippen LogP contribution in [0, 0.1) is 27.7 Å². The molecular weight excluding hydrogens is 436 g/mol. The zero-order valence-electron chi connectivity index (χ0n) is 17.5. The minimum atomic E-state index is -0.137. The Morgan fingerprint density at radius 3 is 2.27 bits per heavy atom. The SMILES string of the molecule is Cc1ccc(-c2cc(C(=O)Nc3ccc(Br)c(C)c3)c3cc(C)cc(C)c3n2)cc1. The van der Waals surface area contributed by atoms with Crippen LogP contribution in [-0.4, -0.2) is 10.9 Å². The minimum absolute atomic E-state index is 0.137. The molecule has 4 rings (SSSR count). The highest BCUT2D eigenvalue weighted by Crippen LogP contribution is 2.29. The number of aromatic nitrogens is 1. The molecule has 0 bridgehead atoms. The Labute approximate surface area is 185 Å². The lowest BCUT2D eigenvalue weighted by Gasteiger charge is -2.13. The van der Waals surface area contributed by atoms with Gasteiger partial charge in [0.25, 0.3) is 5.91 Å². The molecule has 3 nitrogen and oxygen atoms in total. The van der Waals surface area contributed by atoms with E-state index in [1.54, 1.807) is 0 Å². The first-order chi connectivity index (χ1) is 14.3. The van der Waals surface area contributed by atoms with Gasteiger partial charge >= 0.3 is 0 Å². The zero-order valence-corrected chi connectivity index (χ0v) is 19.1. The van der Waals surface area contributed by atoms with E-state index in [-0.39, 0.29) is 5.91 Å². The Balaban J connectivity index is 1.86. The highest BCUT2D eigenvalue weighted by atomic mass is 79.9. The number of pyridine rings is 1. The number of carbonyl (C=O) groups excluding carboxylic acids is 1. The summed E-state index contributed by atoms with van der Waals surface area (Å²) in [6.07, 6.45) is 0. The number of halogens is 1. The molecule has 4 aromatic rings. The van der Waals surface area contributed by atoms with Crippen molar-refractivity contribution in [1.29, 1.82) is 0 Å². The minimum Gasteiger partial charge on any atom is -0.322 e. The summed E-state index contributed by atoms with van der Waals surface area (Å²) in [4.78, 5) is 18.2. The van der Waals surface area contributed by atoms with Crippen LogP contribution in [0.4, 0.5) is 5.69 Å².